The highest BCUT2D eigenvalue weighted by atomic mass is 19.3. The number of benzene rings is 1. The van der Waals surface area contributed by atoms with Gasteiger partial charge >= 0.3 is 0 Å². The molecule has 0 spiro atoms. The molecule has 102 valence electrons. The standard InChI is InChI=1S/C13H12BF2N3O/c1-7-13(17-6-11(15)16)19-12-8(10(20)5-14)3-2-4-9(12)18-7/h2-4,11H,5-6H2,1H3,(H,17,19). The minimum Gasteiger partial charge on any atom is -0.363 e. The molecule has 1 aromatic heterocycles. The molecule has 2 rings (SSSR count). The van der Waals surface area contributed by atoms with Crippen LogP contribution in [-0.2, 0) is 0 Å². The SMILES string of the molecule is [B]CC(=O)c1cccc2nc(C)c(NCC(F)F)nc12. The first-order chi connectivity index (χ1) is 9.52. The summed E-state index contributed by atoms with van der Waals surface area (Å²) >= 11 is 0. The third-order valence-electron chi connectivity index (χ3n) is 2.78. The van der Waals surface area contributed by atoms with Gasteiger partial charge in [0.15, 0.2) is 5.78 Å². The second-order valence-electron chi connectivity index (χ2n) is 4.23. The number of ketones is 1. The fraction of sp³-hybridized carbons (Fsp3) is 0.308. The van der Waals surface area contributed by atoms with Crippen LogP contribution in [0, 0.1) is 6.92 Å². The van der Waals surface area contributed by atoms with E-state index in [4.69, 9.17) is 7.85 Å². The molecule has 0 aliphatic carbocycles. The molecule has 0 aliphatic rings. The molecule has 7 heteroatoms. The van der Waals surface area contributed by atoms with E-state index < -0.39 is 13.0 Å². The largest absolute Gasteiger partial charge is 0.363 e. The summed E-state index contributed by atoms with van der Waals surface area (Å²) in [6.45, 7) is 1.14. The highest BCUT2D eigenvalue weighted by Crippen LogP contribution is 2.21. The molecule has 20 heavy (non-hydrogen) atoms. The summed E-state index contributed by atoms with van der Waals surface area (Å²) in [7, 11) is 5.35. The van der Waals surface area contributed by atoms with E-state index in [-0.39, 0.29) is 17.9 Å². The number of nitrogens with zero attached hydrogens (tertiary/aromatic N) is 2. The first-order valence-electron chi connectivity index (χ1n) is 6.05. The number of halogens is 2. The van der Waals surface area contributed by atoms with Gasteiger partial charge in [0.05, 0.1) is 25.6 Å². The molecule has 0 saturated carbocycles. The van der Waals surface area contributed by atoms with Gasteiger partial charge in [0.2, 0.25) is 0 Å². The predicted molar refractivity (Wildman–Crippen MR) is 73.7 cm³/mol. The number of Topliss-reactive ketones (excluding diaryl/α,β-unsaturated/α-hetero) is 1. The van der Waals surface area contributed by atoms with Crippen LogP contribution in [0.5, 0.6) is 0 Å². The van der Waals surface area contributed by atoms with Crippen molar-refractivity contribution in [1.29, 1.82) is 0 Å². The van der Waals surface area contributed by atoms with Crippen molar-refractivity contribution < 1.29 is 13.6 Å². The lowest BCUT2D eigenvalue weighted by molar-refractivity contribution is 0.101. The van der Waals surface area contributed by atoms with Crippen LogP contribution in [0.15, 0.2) is 18.2 Å². The molecule has 4 nitrogen and oxygen atoms in total. The Kier molecular flexibility index (Phi) is 4.27. The first-order valence-corrected chi connectivity index (χ1v) is 6.05. The van der Waals surface area contributed by atoms with Crippen LogP contribution < -0.4 is 5.32 Å². The summed E-state index contributed by atoms with van der Waals surface area (Å²) in [5, 5.41) is 2.52. The first kappa shape index (κ1) is 14.4. The van der Waals surface area contributed by atoms with Gasteiger partial charge in [0, 0.05) is 5.56 Å². The molecule has 1 N–H and O–H groups in total. The van der Waals surface area contributed by atoms with E-state index >= 15 is 0 Å². The molecule has 0 saturated heterocycles. The zero-order valence-electron chi connectivity index (χ0n) is 10.9. The summed E-state index contributed by atoms with van der Waals surface area (Å²) in [4.78, 5) is 20.3. The zero-order valence-corrected chi connectivity index (χ0v) is 10.9. The molecule has 2 radical (unpaired) electrons. The molecular formula is C13H12BF2N3O. The highest BCUT2D eigenvalue weighted by Gasteiger charge is 2.13. The fourth-order valence-electron chi connectivity index (χ4n) is 1.84. The quantitative estimate of drug-likeness (QED) is 0.672. The van der Waals surface area contributed by atoms with Crippen LogP contribution in [0.1, 0.15) is 16.1 Å². The molecule has 2 aromatic rings. The van der Waals surface area contributed by atoms with Crippen LogP contribution in [0.3, 0.4) is 0 Å². The number of aromatic nitrogens is 2. The molecule has 0 aliphatic heterocycles. The summed E-state index contributed by atoms with van der Waals surface area (Å²) in [5.41, 5.74) is 1.74. The van der Waals surface area contributed by atoms with Gasteiger partial charge in [-0.05, 0) is 25.4 Å². The van der Waals surface area contributed by atoms with E-state index in [0.717, 1.165) is 0 Å². The maximum atomic E-state index is 12.2. The third-order valence-corrected chi connectivity index (χ3v) is 2.78. The molecular weight excluding hydrogens is 263 g/mol. The fourth-order valence-corrected chi connectivity index (χ4v) is 1.84. The normalized spacial score (nSPS) is 11.0. The van der Waals surface area contributed by atoms with Crippen LogP contribution >= 0.6 is 0 Å². The van der Waals surface area contributed by atoms with Gasteiger partial charge in [-0.25, -0.2) is 18.7 Å². The lowest BCUT2D eigenvalue weighted by atomic mass is 9.95. The average molecular weight is 275 g/mol. The number of hydrogen-bond donors (Lipinski definition) is 1. The Morgan fingerprint density at radius 1 is 1.40 bits per heavy atom. The van der Waals surface area contributed by atoms with E-state index in [9.17, 15) is 13.6 Å². The van der Waals surface area contributed by atoms with Gasteiger partial charge in [-0.2, -0.15) is 0 Å². The maximum absolute atomic E-state index is 12.2. The van der Waals surface area contributed by atoms with E-state index in [2.05, 4.69) is 15.3 Å². The number of anilines is 1. The second-order valence-corrected chi connectivity index (χ2v) is 4.23. The van der Waals surface area contributed by atoms with Crippen molar-refractivity contribution in [2.75, 3.05) is 11.9 Å². The van der Waals surface area contributed by atoms with Crippen molar-refractivity contribution in [3.63, 3.8) is 0 Å². The molecule has 0 atom stereocenters. The van der Waals surface area contributed by atoms with Crippen molar-refractivity contribution >= 4 is 30.5 Å². The number of aryl methyl sites for hydroxylation is 1. The number of nitrogens with one attached hydrogen (secondary N) is 1. The lowest BCUT2D eigenvalue weighted by Crippen LogP contribution is -2.13. The molecule has 1 aromatic carbocycles. The van der Waals surface area contributed by atoms with Crippen molar-refractivity contribution in [3.05, 3.63) is 29.5 Å². The second kappa shape index (κ2) is 5.94. The van der Waals surface area contributed by atoms with Gasteiger partial charge in [0.25, 0.3) is 6.43 Å². The molecule has 0 bridgehead atoms. The Hall–Kier alpha value is -2.05. The smallest absolute Gasteiger partial charge is 0.255 e. The molecule has 1 heterocycles. The van der Waals surface area contributed by atoms with Gasteiger partial charge < -0.3 is 5.32 Å². The monoisotopic (exact) mass is 275 g/mol. The minimum absolute atomic E-state index is 0.144. The van der Waals surface area contributed by atoms with Gasteiger partial charge in [-0.15, -0.1) is 0 Å². The van der Waals surface area contributed by atoms with Crippen molar-refractivity contribution in [2.24, 2.45) is 0 Å². The van der Waals surface area contributed by atoms with Crippen LogP contribution in [0.4, 0.5) is 14.6 Å². The Morgan fingerprint density at radius 2 is 2.15 bits per heavy atom. The van der Waals surface area contributed by atoms with Crippen LogP contribution in [0.2, 0.25) is 6.32 Å². The number of carbonyl (C=O) groups excluding carboxylic acids is 1. The molecule has 0 fully saturated rings. The minimum atomic E-state index is -2.49. The average Bonchev–Trinajstić information content (AvgIpc) is 2.43. The molecule has 0 amide bonds. The van der Waals surface area contributed by atoms with Gasteiger partial charge in [-0.3, -0.25) is 4.79 Å². The number of carbonyl (C=O) groups is 1. The summed E-state index contributed by atoms with van der Waals surface area (Å²) in [6.07, 6.45) is -2.64. The Balaban J connectivity index is 2.51. The lowest BCUT2D eigenvalue weighted by Gasteiger charge is -2.10. The van der Waals surface area contributed by atoms with Crippen LogP contribution in [-0.4, -0.2) is 36.6 Å². The Bertz CT molecular complexity index is 649. The summed E-state index contributed by atoms with van der Waals surface area (Å²) in [5.74, 6) is -0.0244. The number of fused-ring (bicyclic) bond motifs is 1. The maximum Gasteiger partial charge on any atom is 0.255 e. The van der Waals surface area contributed by atoms with E-state index in [1.54, 1.807) is 25.1 Å². The third kappa shape index (κ3) is 2.92. The number of alkyl halides is 2. The Morgan fingerprint density at radius 3 is 2.80 bits per heavy atom. The Labute approximate surface area is 116 Å². The highest BCUT2D eigenvalue weighted by molar-refractivity contribution is 6.25. The van der Waals surface area contributed by atoms with Crippen molar-refractivity contribution in [2.45, 2.75) is 19.7 Å². The van der Waals surface area contributed by atoms with Gasteiger partial charge in [0.1, 0.15) is 11.3 Å². The van der Waals surface area contributed by atoms with E-state index in [1.807, 2.05) is 0 Å². The number of hydrogen-bond acceptors (Lipinski definition) is 4. The van der Waals surface area contributed by atoms with Crippen LogP contribution in [0.25, 0.3) is 11.0 Å². The predicted octanol–water partition coefficient (Wildman–Crippen LogP) is 2.38. The van der Waals surface area contributed by atoms with Crippen molar-refractivity contribution in [3.8, 4) is 0 Å². The van der Waals surface area contributed by atoms with Gasteiger partial charge in [-0.1, -0.05) is 6.07 Å². The summed E-state index contributed by atoms with van der Waals surface area (Å²) < 4.78 is 24.5. The summed E-state index contributed by atoms with van der Waals surface area (Å²) in [6, 6.07) is 4.99. The zero-order chi connectivity index (χ0) is 14.7. The number of para-hydroxylation sites is 1. The molecule has 0 unspecified atom stereocenters. The number of rotatable bonds is 5. The topological polar surface area (TPSA) is 54.9 Å². The van der Waals surface area contributed by atoms with E-state index in [1.165, 1.54) is 0 Å². The van der Waals surface area contributed by atoms with Crippen molar-refractivity contribution in [1.82, 2.24) is 9.97 Å². The van der Waals surface area contributed by atoms with E-state index in [0.29, 0.717) is 22.3 Å².